The van der Waals surface area contributed by atoms with Crippen molar-refractivity contribution >= 4 is 91.6 Å². The maximum atomic E-state index is 14.2. The number of nitrogens with zero attached hydrogens (tertiary/aromatic N) is 3. The van der Waals surface area contributed by atoms with E-state index in [1.165, 1.54) is 47.2 Å². The Balaban J connectivity index is 0.000000237. The second-order valence-corrected chi connectivity index (χ2v) is 15.1. The first-order valence-corrected chi connectivity index (χ1v) is 18.6. The molecule has 2 amide bonds. The van der Waals surface area contributed by atoms with Gasteiger partial charge in [0.15, 0.2) is 11.6 Å². The Labute approximate surface area is 333 Å². The molecule has 0 spiro atoms. The van der Waals surface area contributed by atoms with E-state index in [-0.39, 0.29) is 34.1 Å². The predicted octanol–water partition coefficient (Wildman–Crippen LogP) is 6.72. The summed E-state index contributed by atoms with van der Waals surface area (Å²) in [6, 6.07) is 12.4. The van der Waals surface area contributed by atoms with Crippen LogP contribution in [0.2, 0.25) is 0 Å². The summed E-state index contributed by atoms with van der Waals surface area (Å²) in [5.41, 5.74) is 6.24. The second kappa shape index (κ2) is 18.9. The lowest BCUT2D eigenvalue weighted by Crippen LogP contribution is -2.28. The van der Waals surface area contributed by atoms with E-state index < -0.39 is 23.4 Å². The molecule has 284 valence electrons. The van der Waals surface area contributed by atoms with E-state index in [4.69, 9.17) is 9.68 Å². The molecule has 0 atom stereocenters. The zero-order valence-corrected chi connectivity index (χ0v) is 34.3. The zero-order chi connectivity index (χ0) is 39.0. The van der Waals surface area contributed by atoms with Crippen LogP contribution >= 0.6 is 45.2 Å². The van der Waals surface area contributed by atoms with Crippen LogP contribution in [-0.4, -0.2) is 71.3 Å². The van der Waals surface area contributed by atoms with E-state index in [2.05, 4.69) is 21.6 Å². The molecule has 53 heavy (non-hydrogen) atoms. The minimum absolute atomic E-state index is 0.186. The monoisotopic (exact) mass is 959 g/mol. The Morgan fingerprint density at radius 3 is 1.57 bits per heavy atom. The van der Waals surface area contributed by atoms with Crippen molar-refractivity contribution in [1.29, 1.82) is 0 Å². The van der Waals surface area contributed by atoms with Crippen LogP contribution in [0.15, 0.2) is 48.5 Å². The largest absolute Gasteiger partial charge is 0.339 e. The third kappa shape index (κ3) is 11.5. The average Bonchev–Trinajstić information content (AvgIpc) is 3.77. The minimum atomic E-state index is -0.523. The fraction of sp³-hybridized carbons (Fsp3) is 0.333. The number of carbonyl (C=O) groups is 4. The van der Waals surface area contributed by atoms with Gasteiger partial charge in [0.05, 0.1) is 47.1 Å². The van der Waals surface area contributed by atoms with Gasteiger partial charge in [-0.25, -0.2) is 19.7 Å². The van der Waals surface area contributed by atoms with E-state index in [0.717, 1.165) is 20.0 Å². The van der Waals surface area contributed by atoms with Crippen LogP contribution in [0.5, 0.6) is 0 Å². The summed E-state index contributed by atoms with van der Waals surface area (Å²) in [6.45, 7) is 4.22. The molecule has 5 rings (SSSR count). The highest BCUT2D eigenvalue weighted by molar-refractivity contribution is 14.1. The Morgan fingerprint density at radius 1 is 0.755 bits per heavy atom. The number of carbonyl (C=O) groups excluding carboxylic acids is 4. The van der Waals surface area contributed by atoms with E-state index in [1.54, 1.807) is 38.4 Å². The maximum Gasteiger partial charge on any atom is 0.278 e. The van der Waals surface area contributed by atoms with Crippen molar-refractivity contribution in [3.8, 4) is 0 Å². The van der Waals surface area contributed by atoms with Gasteiger partial charge in [0.2, 0.25) is 0 Å². The Kier molecular flexibility index (Phi) is 14.9. The predicted molar refractivity (Wildman–Crippen MR) is 214 cm³/mol. The molecule has 0 bridgehead atoms. The van der Waals surface area contributed by atoms with Crippen molar-refractivity contribution in [2.45, 2.75) is 26.7 Å². The molecule has 17 heteroatoms. The fourth-order valence-corrected chi connectivity index (χ4v) is 5.84. The van der Waals surface area contributed by atoms with Gasteiger partial charge in [-0.05, 0) is 127 Å². The highest BCUT2D eigenvalue weighted by Gasteiger charge is 2.25. The lowest BCUT2D eigenvalue weighted by atomic mass is 10.2. The molecule has 4 aromatic rings. The first-order chi connectivity index (χ1) is 25.1. The molecule has 1 fully saturated rings. The number of benzene rings is 2. The first kappa shape index (κ1) is 41.8. The number of nitrogens with one attached hydrogen (secondary N) is 4. The fourth-order valence-electron chi connectivity index (χ4n) is 4.93. The summed E-state index contributed by atoms with van der Waals surface area (Å²) in [6.07, 6.45) is 2.21. The molecule has 0 saturated heterocycles. The number of anilines is 4. The molecule has 2 aromatic carbocycles. The van der Waals surface area contributed by atoms with Gasteiger partial charge in [-0.2, -0.15) is 0 Å². The number of Topliss-reactive ketones (excluding diaryl/α,β-unsaturated/α-hetero) is 2. The molecule has 2 heterocycles. The molecule has 0 aliphatic heterocycles. The van der Waals surface area contributed by atoms with Crippen molar-refractivity contribution < 1.29 is 37.6 Å². The van der Waals surface area contributed by atoms with Gasteiger partial charge >= 0.3 is 0 Å². The summed E-state index contributed by atoms with van der Waals surface area (Å²) in [7, 11) is 7.05. The number of ketones is 2. The maximum absolute atomic E-state index is 14.2. The Morgan fingerprint density at radius 2 is 1.19 bits per heavy atom. The van der Waals surface area contributed by atoms with Crippen LogP contribution in [0.25, 0.3) is 0 Å². The molecule has 1 saturated carbocycles. The summed E-state index contributed by atoms with van der Waals surface area (Å²) in [5, 5.41) is 5.83. The van der Waals surface area contributed by atoms with Gasteiger partial charge in [0.1, 0.15) is 23.3 Å². The Bertz CT molecular complexity index is 1990. The van der Waals surface area contributed by atoms with Crippen molar-refractivity contribution in [2.75, 3.05) is 44.5 Å². The molecule has 0 unspecified atom stereocenters. The number of rotatable bonds is 15. The molecule has 0 radical (unpaired) electrons. The number of halogens is 4. The van der Waals surface area contributed by atoms with Gasteiger partial charge < -0.3 is 24.7 Å². The van der Waals surface area contributed by atoms with Gasteiger partial charge in [0.25, 0.3) is 11.8 Å². The summed E-state index contributed by atoms with van der Waals surface area (Å²) in [5.74, 6) is -1.20. The van der Waals surface area contributed by atoms with Crippen LogP contribution in [0, 0.1) is 24.7 Å². The van der Waals surface area contributed by atoms with Gasteiger partial charge in [0, 0.05) is 41.6 Å². The zero-order valence-electron chi connectivity index (χ0n) is 30.0. The van der Waals surface area contributed by atoms with Crippen LogP contribution < -0.4 is 21.6 Å². The smallest absolute Gasteiger partial charge is 0.278 e. The minimum Gasteiger partial charge on any atom is -0.339 e. The molecule has 1 aliphatic rings. The molecular formula is C36H41F2I2N7O6. The summed E-state index contributed by atoms with van der Waals surface area (Å²) >= 11 is 4.03. The average molecular weight is 960 g/mol. The number of amides is 2. The number of hydrogen-bond donors (Lipinski definition) is 4. The molecular weight excluding hydrogens is 918 g/mol. The number of hydroxylamine groups is 2. The van der Waals surface area contributed by atoms with E-state index in [9.17, 15) is 28.0 Å². The lowest BCUT2D eigenvalue weighted by Gasteiger charge is -2.13. The second-order valence-electron chi connectivity index (χ2n) is 12.6. The number of aromatic nitrogens is 2. The highest BCUT2D eigenvalue weighted by atomic mass is 127. The van der Waals surface area contributed by atoms with Crippen LogP contribution in [-0.2, 0) is 23.8 Å². The molecule has 1 aliphatic carbocycles. The number of likely N-dealkylation sites (N-methyl/N-ethyl adjacent to an activating group) is 1. The third-order valence-corrected chi connectivity index (χ3v) is 9.37. The summed E-state index contributed by atoms with van der Waals surface area (Å²) in [4.78, 5) is 61.0. The van der Waals surface area contributed by atoms with E-state index in [1.807, 2.05) is 64.2 Å². The van der Waals surface area contributed by atoms with Crippen molar-refractivity contribution in [1.82, 2.24) is 25.0 Å². The topological polar surface area (TPSA) is 148 Å². The van der Waals surface area contributed by atoms with Crippen molar-refractivity contribution in [3.05, 3.63) is 89.8 Å². The van der Waals surface area contributed by atoms with Gasteiger partial charge in [-0.1, -0.05) is 0 Å². The quantitative estimate of drug-likeness (QED) is 0.0441. The Hall–Kier alpha value is -3.92. The van der Waals surface area contributed by atoms with E-state index in [0.29, 0.717) is 48.7 Å². The van der Waals surface area contributed by atoms with Crippen LogP contribution in [0.4, 0.5) is 31.8 Å². The standard InChI is InChI=1S/C18H22FIN4O3.C18H19FIN3O3/c1-11(25)16-10-13(18(26)22-27-8-7-23(2)3)17(24(16)4)21-15-6-5-12(20)9-14(15)19;1-10(24)16-8-13(18(25)22-26-9-11-3-4-11)17(23(16)2)21-15-6-5-12(20)7-14(15)19/h5-6,9-10,21H,7-8H2,1-4H3,(H,22,26);5-8,11,21H,3-4,9H2,1-2H3,(H,22,25). The normalized spacial score (nSPS) is 12.2. The highest BCUT2D eigenvalue weighted by Crippen LogP contribution is 2.30. The molecule has 2 aromatic heterocycles. The SMILES string of the molecule is CC(=O)c1cc(C(=O)NOCC2CC2)c(Nc2ccc(I)cc2F)n1C.CC(=O)c1cc(C(=O)NOCCN(C)C)c(Nc2ccc(I)cc2F)n1C. The molecule has 13 nitrogen and oxygen atoms in total. The van der Waals surface area contributed by atoms with Crippen LogP contribution in [0.3, 0.4) is 0 Å². The summed E-state index contributed by atoms with van der Waals surface area (Å²) < 4.78 is 33.0. The van der Waals surface area contributed by atoms with E-state index >= 15 is 0 Å². The number of hydrogen-bond acceptors (Lipinski definition) is 9. The van der Waals surface area contributed by atoms with Crippen molar-refractivity contribution in [2.24, 2.45) is 20.0 Å². The lowest BCUT2D eigenvalue weighted by molar-refractivity contribution is 0.0263. The first-order valence-electron chi connectivity index (χ1n) is 16.4. The van der Waals surface area contributed by atoms with Gasteiger partial charge in [-0.15, -0.1) is 0 Å². The third-order valence-electron chi connectivity index (χ3n) is 8.03. The molecule has 4 N–H and O–H groups in total. The van der Waals surface area contributed by atoms with Crippen molar-refractivity contribution in [3.63, 3.8) is 0 Å². The van der Waals surface area contributed by atoms with Crippen LogP contribution in [0.1, 0.15) is 68.4 Å². The van der Waals surface area contributed by atoms with Gasteiger partial charge in [-0.3, -0.25) is 28.9 Å².